The molecule has 1 aliphatic heterocycles. The van der Waals surface area contributed by atoms with Gasteiger partial charge in [0.15, 0.2) is 0 Å². The first kappa shape index (κ1) is 17.5. The molecule has 3 rings (SSSR count). The third-order valence-electron chi connectivity index (χ3n) is 5.11. The lowest BCUT2D eigenvalue weighted by Crippen LogP contribution is -2.34. The van der Waals surface area contributed by atoms with Crippen LogP contribution in [0.25, 0.3) is 0 Å². The van der Waals surface area contributed by atoms with Crippen LogP contribution >= 0.6 is 0 Å². The molecule has 1 saturated carbocycles. The number of aryl methyl sites for hydroxylation is 1. The fourth-order valence-corrected chi connectivity index (χ4v) is 3.85. The summed E-state index contributed by atoms with van der Waals surface area (Å²) in [4.78, 5) is 16.5. The Morgan fingerprint density at radius 1 is 1.32 bits per heavy atom. The molecule has 1 amide bonds. The van der Waals surface area contributed by atoms with Crippen LogP contribution in [-0.2, 0) is 5.54 Å². The number of amides is 1. The number of nitrogens with one attached hydrogen (secondary N) is 2. The lowest BCUT2D eigenvalue weighted by atomic mass is 9.91. The summed E-state index contributed by atoms with van der Waals surface area (Å²) in [5, 5.41) is 6.34. The Kier molecular flexibility index (Phi) is 4.33. The molecule has 0 aromatic heterocycles. The van der Waals surface area contributed by atoms with Crippen molar-refractivity contribution < 1.29 is 4.79 Å². The monoisotopic (exact) mass is 341 g/mol. The van der Waals surface area contributed by atoms with Crippen LogP contribution < -0.4 is 22.1 Å². The summed E-state index contributed by atoms with van der Waals surface area (Å²) in [6.07, 6.45) is 7.41. The van der Waals surface area contributed by atoms with E-state index < -0.39 is 5.54 Å². The number of nitrogens with zero attached hydrogens (tertiary/aromatic N) is 1. The van der Waals surface area contributed by atoms with E-state index in [1.54, 1.807) is 0 Å². The molecule has 6 nitrogen and oxygen atoms in total. The molecule has 0 saturated heterocycles. The molecule has 0 spiro atoms. The van der Waals surface area contributed by atoms with Gasteiger partial charge in [0.2, 0.25) is 0 Å². The van der Waals surface area contributed by atoms with Crippen LogP contribution in [0.1, 0.15) is 61.0 Å². The molecule has 0 radical (unpaired) electrons. The highest BCUT2D eigenvalue weighted by Crippen LogP contribution is 2.35. The van der Waals surface area contributed by atoms with Crippen molar-refractivity contribution in [2.24, 2.45) is 16.5 Å². The van der Waals surface area contributed by atoms with Crippen molar-refractivity contribution in [3.8, 4) is 0 Å². The van der Waals surface area contributed by atoms with Crippen LogP contribution in [0.15, 0.2) is 29.0 Å². The van der Waals surface area contributed by atoms with Gasteiger partial charge in [0.25, 0.3) is 5.91 Å². The zero-order chi connectivity index (χ0) is 18.2. The first-order chi connectivity index (χ1) is 11.7. The number of nitrogens with two attached hydrogens (primary N) is 2. The van der Waals surface area contributed by atoms with Gasteiger partial charge in [-0.15, -0.1) is 0 Å². The fraction of sp³-hybridized carbons (Fsp3) is 0.474. The van der Waals surface area contributed by atoms with Crippen LogP contribution in [0.4, 0.5) is 5.69 Å². The summed E-state index contributed by atoms with van der Waals surface area (Å²) in [6.45, 7) is 5.95. The van der Waals surface area contributed by atoms with Crippen molar-refractivity contribution in [2.75, 3.05) is 5.32 Å². The van der Waals surface area contributed by atoms with E-state index in [2.05, 4.69) is 15.6 Å². The molecule has 6 N–H and O–H groups in total. The molecular weight excluding hydrogens is 314 g/mol. The van der Waals surface area contributed by atoms with Crippen LogP contribution in [0.2, 0.25) is 0 Å². The Labute approximate surface area is 148 Å². The standard InChI is InChI=1S/C19H27N5O/c1-12-8-13(9-14-16(12)17(25)24-18(14,2)3)23-15(22-11-20)10-19(21)6-4-5-7-19/h8-11,23H,4-7,21H2,1-3H3,(H2,20,22)(H,24,25)/b15-10+. The highest BCUT2D eigenvalue weighted by Gasteiger charge is 2.36. The van der Waals surface area contributed by atoms with Crippen molar-refractivity contribution >= 4 is 17.9 Å². The van der Waals surface area contributed by atoms with Gasteiger partial charge in [-0.3, -0.25) is 4.79 Å². The highest BCUT2D eigenvalue weighted by molar-refractivity contribution is 6.01. The zero-order valence-electron chi connectivity index (χ0n) is 15.1. The van der Waals surface area contributed by atoms with Gasteiger partial charge in [-0.1, -0.05) is 12.8 Å². The first-order valence-electron chi connectivity index (χ1n) is 8.75. The minimum Gasteiger partial charge on any atom is -0.390 e. The molecule has 1 aromatic rings. The van der Waals surface area contributed by atoms with Crippen molar-refractivity contribution in [1.29, 1.82) is 0 Å². The molecule has 0 atom stereocenters. The Morgan fingerprint density at radius 3 is 2.64 bits per heavy atom. The van der Waals surface area contributed by atoms with Gasteiger partial charge >= 0.3 is 0 Å². The Morgan fingerprint density at radius 2 is 2.00 bits per heavy atom. The predicted octanol–water partition coefficient (Wildman–Crippen LogP) is 2.49. The average Bonchev–Trinajstić information content (AvgIpc) is 3.01. The van der Waals surface area contributed by atoms with Gasteiger partial charge in [-0.25, -0.2) is 4.99 Å². The van der Waals surface area contributed by atoms with E-state index in [-0.39, 0.29) is 11.4 Å². The smallest absolute Gasteiger partial charge is 0.252 e. The number of hydrogen-bond donors (Lipinski definition) is 4. The quantitative estimate of drug-likeness (QED) is 0.499. The summed E-state index contributed by atoms with van der Waals surface area (Å²) in [7, 11) is 0. The largest absolute Gasteiger partial charge is 0.390 e. The van der Waals surface area contributed by atoms with Crippen LogP contribution in [0, 0.1) is 6.92 Å². The molecule has 6 heteroatoms. The van der Waals surface area contributed by atoms with Crippen LogP contribution in [0.5, 0.6) is 0 Å². The Hall–Kier alpha value is -2.34. The van der Waals surface area contributed by atoms with E-state index in [9.17, 15) is 4.79 Å². The van der Waals surface area contributed by atoms with Gasteiger partial charge < -0.3 is 22.1 Å². The maximum absolute atomic E-state index is 12.2. The number of hydrogen-bond acceptors (Lipinski definition) is 4. The summed E-state index contributed by atoms with van der Waals surface area (Å²) in [5.74, 6) is 0.619. The van der Waals surface area contributed by atoms with Crippen molar-refractivity contribution in [3.05, 3.63) is 40.7 Å². The SMILES string of the molecule is Cc1cc(NC(=C/C2(N)CCCC2)/N=C\N)cc2c1C(=O)NC2(C)C. The number of rotatable bonds is 4. The predicted molar refractivity (Wildman–Crippen MR) is 101 cm³/mol. The third kappa shape index (κ3) is 3.39. The maximum Gasteiger partial charge on any atom is 0.252 e. The lowest BCUT2D eigenvalue weighted by molar-refractivity contribution is 0.0940. The second kappa shape index (κ2) is 6.19. The van der Waals surface area contributed by atoms with E-state index in [1.165, 1.54) is 6.34 Å². The van der Waals surface area contributed by atoms with Crippen LogP contribution in [0.3, 0.4) is 0 Å². The second-order valence-electron chi connectivity index (χ2n) is 7.67. The van der Waals surface area contributed by atoms with E-state index in [0.29, 0.717) is 5.82 Å². The lowest BCUT2D eigenvalue weighted by Gasteiger charge is -2.22. The molecule has 0 bridgehead atoms. The highest BCUT2D eigenvalue weighted by atomic mass is 16.2. The molecule has 1 fully saturated rings. The van der Waals surface area contributed by atoms with Crippen molar-refractivity contribution in [2.45, 2.75) is 57.5 Å². The number of aliphatic imine (C=N–C) groups is 1. The number of benzene rings is 1. The summed E-state index contributed by atoms with van der Waals surface area (Å²) in [5.41, 5.74) is 14.8. The minimum absolute atomic E-state index is 0.0216. The average molecular weight is 341 g/mol. The minimum atomic E-state index is -0.392. The Balaban J connectivity index is 1.95. The number of fused-ring (bicyclic) bond motifs is 1. The molecule has 2 aliphatic rings. The topological polar surface area (TPSA) is 106 Å². The normalized spacial score (nSPS) is 21.4. The van der Waals surface area contributed by atoms with Gasteiger partial charge in [0.1, 0.15) is 5.82 Å². The number of carbonyl (C=O) groups is 1. The molecular formula is C19H27N5O. The maximum atomic E-state index is 12.2. The third-order valence-corrected chi connectivity index (χ3v) is 5.11. The van der Waals surface area contributed by atoms with E-state index in [0.717, 1.165) is 48.1 Å². The molecule has 134 valence electrons. The van der Waals surface area contributed by atoms with Crippen molar-refractivity contribution in [1.82, 2.24) is 5.32 Å². The molecule has 25 heavy (non-hydrogen) atoms. The molecule has 0 unspecified atom stereocenters. The van der Waals surface area contributed by atoms with Crippen molar-refractivity contribution in [3.63, 3.8) is 0 Å². The van der Waals surface area contributed by atoms with E-state index in [4.69, 9.17) is 11.5 Å². The summed E-state index contributed by atoms with van der Waals surface area (Å²) >= 11 is 0. The van der Waals surface area contributed by atoms with E-state index in [1.807, 2.05) is 39.0 Å². The van der Waals surface area contributed by atoms with Gasteiger partial charge in [-0.2, -0.15) is 0 Å². The number of anilines is 1. The number of carbonyl (C=O) groups excluding carboxylic acids is 1. The fourth-order valence-electron chi connectivity index (χ4n) is 3.85. The second-order valence-corrected chi connectivity index (χ2v) is 7.67. The molecule has 1 aliphatic carbocycles. The summed E-state index contributed by atoms with van der Waals surface area (Å²) < 4.78 is 0. The summed E-state index contributed by atoms with van der Waals surface area (Å²) in [6, 6.07) is 3.95. The van der Waals surface area contributed by atoms with Crippen LogP contribution in [-0.4, -0.2) is 17.8 Å². The molecule has 1 heterocycles. The molecule has 1 aromatic carbocycles. The van der Waals surface area contributed by atoms with Gasteiger partial charge in [0, 0.05) is 16.8 Å². The Bertz CT molecular complexity index is 757. The first-order valence-corrected chi connectivity index (χ1v) is 8.75. The zero-order valence-corrected chi connectivity index (χ0v) is 15.1. The van der Waals surface area contributed by atoms with E-state index >= 15 is 0 Å². The van der Waals surface area contributed by atoms with Gasteiger partial charge in [-0.05, 0) is 62.9 Å². The van der Waals surface area contributed by atoms with Gasteiger partial charge in [0.05, 0.1) is 11.9 Å².